The summed E-state index contributed by atoms with van der Waals surface area (Å²) in [5.74, 6) is -2.45. The second-order valence-corrected chi connectivity index (χ2v) is 4.88. The fourth-order valence-corrected chi connectivity index (χ4v) is 2.43. The molecule has 0 atom stereocenters. The van der Waals surface area contributed by atoms with Crippen LogP contribution in [0.4, 0.5) is 0 Å². The van der Waals surface area contributed by atoms with E-state index in [1.807, 2.05) is 0 Å². The van der Waals surface area contributed by atoms with Crippen molar-refractivity contribution in [2.75, 3.05) is 0 Å². The Balaban J connectivity index is 3.25. The highest BCUT2D eigenvalue weighted by molar-refractivity contribution is 6.26. The average molecular weight is 328 g/mol. The minimum atomic E-state index is -0.526. The maximum Gasteiger partial charge on any atom is 0.173 e. The van der Waals surface area contributed by atoms with E-state index in [0.29, 0.717) is 0 Å². The number of aromatic nitrogens is 2. The topological polar surface area (TPSA) is 278 Å². The molecule has 124 valence electrons. The molecule has 24 heavy (non-hydrogen) atoms. The number of hydrogen-bond donors (Lipinski definition) is 11. The molecule has 0 aliphatic carbocycles. The smallest absolute Gasteiger partial charge is 0.173 e. The molecule has 0 fully saturated rings. The molecule has 12 heteroatoms. The van der Waals surface area contributed by atoms with Crippen LogP contribution in [-0.2, 0) is 0 Å². The van der Waals surface area contributed by atoms with Crippen molar-refractivity contribution in [1.82, 2.24) is 9.97 Å². The predicted octanol–water partition coefficient (Wildman–Crippen LogP) is -2.02. The molecule has 0 bridgehead atoms. The number of nitrogens with two attached hydrogens (primary N) is 5. The Labute approximate surface area is 134 Å². The Morgan fingerprint density at radius 2 is 1.04 bits per heavy atom. The summed E-state index contributed by atoms with van der Waals surface area (Å²) in [5, 5.41) is 38.6. The second-order valence-electron chi connectivity index (χ2n) is 4.88. The van der Waals surface area contributed by atoms with E-state index in [1.54, 1.807) is 0 Å². The van der Waals surface area contributed by atoms with Crippen LogP contribution in [0.5, 0.6) is 0 Å². The number of nitrogen functional groups attached to an aromatic ring is 5. The summed E-state index contributed by atoms with van der Waals surface area (Å²) in [7, 11) is 0. The van der Waals surface area contributed by atoms with E-state index in [-0.39, 0.29) is 39.1 Å². The average Bonchev–Trinajstić information content (AvgIpc) is 2.87. The maximum atomic E-state index is 7.78. The predicted molar refractivity (Wildman–Crippen MR) is 91.2 cm³/mol. The Bertz CT molecular complexity index is 878. The molecular weight excluding hydrogens is 312 g/mol. The van der Waals surface area contributed by atoms with Gasteiger partial charge in [-0.15, -0.1) is 0 Å². The van der Waals surface area contributed by atoms with Crippen LogP contribution in [0.2, 0.25) is 0 Å². The lowest BCUT2D eigenvalue weighted by Crippen LogP contribution is -2.30. The Hall–Kier alpha value is -3.96. The van der Waals surface area contributed by atoms with Gasteiger partial charge in [-0.2, -0.15) is 0 Å². The first-order valence-corrected chi connectivity index (χ1v) is 6.39. The monoisotopic (exact) mass is 328 g/mol. The van der Waals surface area contributed by atoms with Crippen molar-refractivity contribution in [2.24, 2.45) is 28.7 Å². The number of benzene rings is 1. The van der Waals surface area contributed by atoms with Gasteiger partial charge in [-0.05, 0) is 0 Å². The summed E-state index contributed by atoms with van der Waals surface area (Å²) in [6, 6.07) is 0. The number of nitrogens with one attached hydrogen (secondary N) is 6. The highest BCUT2D eigenvalue weighted by Crippen LogP contribution is 2.29. The highest BCUT2D eigenvalue weighted by atomic mass is 15.0. The molecule has 0 radical (unpaired) electrons. The van der Waals surface area contributed by atoms with Crippen LogP contribution in [0.25, 0.3) is 11.0 Å². The van der Waals surface area contributed by atoms with Crippen LogP contribution < -0.4 is 28.7 Å². The first-order chi connectivity index (χ1) is 11.1. The molecule has 0 unspecified atom stereocenters. The van der Waals surface area contributed by atoms with Gasteiger partial charge < -0.3 is 33.7 Å². The number of fused-ring (bicyclic) bond motifs is 1. The molecule has 1 heterocycles. The molecule has 12 nitrogen and oxygen atoms in total. The SMILES string of the molecule is N=C(N)c1nc2c(C(=N)N)c(C(=N)N)c(C(=N)N)c(C(=N)N)c2[nH]1. The lowest BCUT2D eigenvalue weighted by molar-refractivity contribution is 1.24. The van der Waals surface area contributed by atoms with Gasteiger partial charge in [0.15, 0.2) is 11.7 Å². The summed E-state index contributed by atoms with van der Waals surface area (Å²) >= 11 is 0. The quantitative estimate of drug-likeness (QED) is 0.217. The molecule has 0 spiro atoms. The van der Waals surface area contributed by atoms with Crippen LogP contribution in [0.15, 0.2) is 0 Å². The molecule has 0 saturated carbocycles. The van der Waals surface area contributed by atoms with Crippen LogP contribution in [0.3, 0.4) is 0 Å². The third-order valence-corrected chi connectivity index (χ3v) is 3.27. The standard InChI is InChI=1S/C12H16N12/c13-7(14)1-2(8(15)16)4(10(19)20)6-5(3(1)9(17)18)23-12(24-6)11(21)22/h(H3,13,14)(H3,15,16)(H3,17,18)(H3,19,20)(H3,21,22)(H,23,24). The molecule has 0 aliphatic heterocycles. The zero-order chi connectivity index (χ0) is 18.3. The fourth-order valence-electron chi connectivity index (χ4n) is 2.43. The summed E-state index contributed by atoms with van der Waals surface area (Å²) in [6.45, 7) is 0. The van der Waals surface area contributed by atoms with E-state index in [0.717, 1.165) is 0 Å². The van der Waals surface area contributed by atoms with Gasteiger partial charge in [-0.3, -0.25) is 27.0 Å². The second kappa shape index (κ2) is 5.35. The third-order valence-electron chi connectivity index (χ3n) is 3.27. The summed E-state index contributed by atoms with van der Waals surface area (Å²) < 4.78 is 0. The molecule has 0 amide bonds. The Morgan fingerprint density at radius 1 is 0.625 bits per heavy atom. The summed E-state index contributed by atoms with van der Waals surface area (Å²) in [4.78, 5) is 6.78. The lowest BCUT2D eigenvalue weighted by atomic mass is 9.91. The van der Waals surface area contributed by atoms with E-state index in [9.17, 15) is 0 Å². The summed E-state index contributed by atoms with van der Waals surface area (Å²) in [6.07, 6.45) is 0. The van der Waals surface area contributed by atoms with E-state index >= 15 is 0 Å². The first-order valence-electron chi connectivity index (χ1n) is 6.39. The van der Waals surface area contributed by atoms with Crippen molar-refractivity contribution in [2.45, 2.75) is 0 Å². The maximum absolute atomic E-state index is 7.78. The van der Waals surface area contributed by atoms with Gasteiger partial charge in [0.25, 0.3) is 0 Å². The van der Waals surface area contributed by atoms with Crippen LogP contribution in [-0.4, -0.2) is 39.1 Å². The van der Waals surface area contributed by atoms with E-state index in [1.165, 1.54) is 0 Å². The zero-order valence-corrected chi connectivity index (χ0v) is 12.3. The molecule has 1 aromatic carbocycles. The van der Waals surface area contributed by atoms with Crippen LogP contribution in [0.1, 0.15) is 28.1 Å². The largest absolute Gasteiger partial charge is 0.384 e. The van der Waals surface area contributed by atoms with E-state index < -0.39 is 29.2 Å². The number of aromatic amines is 1. The number of H-pyrrole nitrogens is 1. The van der Waals surface area contributed by atoms with Gasteiger partial charge >= 0.3 is 0 Å². The number of hydrogen-bond acceptors (Lipinski definition) is 6. The van der Waals surface area contributed by atoms with Gasteiger partial charge in [-0.25, -0.2) is 4.98 Å². The zero-order valence-electron chi connectivity index (χ0n) is 12.3. The van der Waals surface area contributed by atoms with E-state index in [2.05, 4.69) is 9.97 Å². The number of nitrogens with zero attached hydrogens (tertiary/aromatic N) is 1. The molecule has 16 N–H and O–H groups in total. The molecule has 0 aliphatic rings. The normalized spacial score (nSPS) is 10.5. The van der Waals surface area contributed by atoms with Crippen LogP contribution >= 0.6 is 0 Å². The summed E-state index contributed by atoms with van der Waals surface area (Å²) in [5.41, 5.74) is 27.6. The fraction of sp³-hybridized carbons (Fsp3) is 0. The minimum absolute atomic E-state index is 0.0345. The van der Waals surface area contributed by atoms with Gasteiger partial charge in [0, 0.05) is 11.1 Å². The van der Waals surface area contributed by atoms with E-state index in [4.69, 9.17) is 55.7 Å². The number of amidine groups is 5. The number of imidazole rings is 1. The van der Waals surface area contributed by atoms with Crippen molar-refractivity contribution >= 4 is 40.2 Å². The Morgan fingerprint density at radius 3 is 1.42 bits per heavy atom. The van der Waals surface area contributed by atoms with Crippen molar-refractivity contribution in [1.29, 1.82) is 27.0 Å². The lowest BCUT2D eigenvalue weighted by Gasteiger charge is -2.17. The van der Waals surface area contributed by atoms with Crippen molar-refractivity contribution in [3.8, 4) is 0 Å². The first kappa shape index (κ1) is 16.4. The third kappa shape index (κ3) is 2.27. The molecule has 0 saturated heterocycles. The minimum Gasteiger partial charge on any atom is -0.384 e. The van der Waals surface area contributed by atoms with Crippen LogP contribution in [0, 0.1) is 27.0 Å². The van der Waals surface area contributed by atoms with Gasteiger partial charge in [0.2, 0.25) is 0 Å². The van der Waals surface area contributed by atoms with Gasteiger partial charge in [-0.1, -0.05) is 0 Å². The van der Waals surface area contributed by atoms with Crippen molar-refractivity contribution in [3.63, 3.8) is 0 Å². The highest BCUT2D eigenvalue weighted by Gasteiger charge is 2.28. The molecule has 2 aromatic rings. The molecule has 1 aromatic heterocycles. The van der Waals surface area contributed by atoms with Gasteiger partial charge in [0.1, 0.15) is 28.9 Å². The number of rotatable bonds is 5. The molecule has 2 rings (SSSR count). The Kier molecular flexibility index (Phi) is 3.66. The van der Waals surface area contributed by atoms with Crippen molar-refractivity contribution in [3.05, 3.63) is 28.1 Å². The van der Waals surface area contributed by atoms with Crippen molar-refractivity contribution < 1.29 is 0 Å². The molecular formula is C12H16N12. The van der Waals surface area contributed by atoms with Gasteiger partial charge in [0.05, 0.1) is 16.6 Å².